The van der Waals surface area contributed by atoms with Gasteiger partial charge in [-0.1, -0.05) is 37.9 Å². The van der Waals surface area contributed by atoms with Crippen LogP contribution in [0.25, 0.3) is 33.9 Å². The van der Waals surface area contributed by atoms with Crippen LogP contribution >= 0.6 is 31.9 Å². The molecule has 0 spiro atoms. The molecule has 29 heavy (non-hydrogen) atoms. The number of aryl methyl sites for hydroxylation is 1. The third kappa shape index (κ3) is 2.84. The van der Waals surface area contributed by atoms with Crippen LogP contribution in [0, 0.1) is 6.92 Å². The Hall–Kier alpha value is -2.77. The highest BCUT2D eigenvalue weighted by atomic mass is 79.9. The van der Waals surface area contributed by atoms with Gasteiger partial charge >= 0.3 is 11.6 Å². The lowest BCUT2D eigenvalue weighted by atomic mass is 9.98. The molecular formula is C22H11Br2NO4. The van der Waals surface area contributed by atoms with Gasteiger partial charge in [0.2, 0.25) is 0 Å². The second-order valence-corrected chi connectivity index (χ2v) is 8.38. The molecule has 0 fully saturated rings. The fourth-order valence-electron chi connectivity index (χ4n) is 3.60. The van der Waals surface area contributed by atoms with Crippen molar-refractivity contribution in [3.05, 3.63) is 78.3 Å². The first-order chi connectivity index (χ1) is 13.9. The number of aromatic nitrogens is 1. The highest BCUT2D eigenvalue weighted by molar-refractivity contribution is 9.11. The maximum atomic E-state index is 13.2. The van der Waals surface area contributed by atoms with Gasteiger partial charge in [0.25, 0.3) is 0 Å². The van der Waals surface area contributed by atoms with Crippen LogP contribution in [0.4, 0.5) is 0 Å². The van der Waals surface area contributed by atoms with Gasteiger partial charge in [-0.05, 0) is 49.4 Å². The SMILES string of the molecule is Cc1nc2c(c3c1c(=O)oc1cccc(Br)c13)C(=O)Oc1ccc(Br)cc1/C=C\2. The molecular weight excluding hydrogens is 502 g/mol. The van der Waals surface area contributed by atoms with E-state index in [4.69, 9.17) is 9.15 Å². The highest BCUT2D eigenvalue weighted by Gasteiger charge is 2.26. The standard InChI is InChI=1S/C22H11Br2NO4/c1-10-17-20(18-13(24)3-2-4-16(18)29-21(17)26)19-14(25-10)7-5-11-9-12(23)6-8-15(11)28-22(19)27/h2-9H,1H3/b7-5-. The van der Waals surface area contributed by atoms with Gasteiger partial charge in [0, 0.05) is 25.3 Å². The summed E-state index contributed by atoms with van der Waals surface area (Å²) in [5.41, 5.74) is 1.75. The predicted octanol–water partition coefficient (Wildman–Crippen LogP) is 5.88. The van der Waals surface area contributed by atoms with Crippen molar-refractivity contribution in [1.82, 2.24) is 4.98 Å². The van der Waals surface area contributed by atoms with Gasteiger partial charge in [0.1, 0.15) is 11.3 Å². The van der Waals surface area contributed by atoms with Crippen LogP contribution in [-0.4, -0.2) is 11.0 Å². The third-order valence-corrected chi connectivity index (χ3v) is 5.99. The summed E-state index contributed by atoms with van der Waals surface area (Å²) in [6, 6.07) is 10.7. The number of rotatable bonds is 0. The Kier molecular flexibility index (Phi) is 4.18. The molecule has 0 atom stereocenters. The van der Waals surface area contributed by atoms with Gasteiger partial charge in [0.05, 0.1) is 22.3 Å². The van der Waals surface area contributed by atoms with E-state index in [-0.39, 0.29) is 10.9 Å². The highest BCUT2D eigenvalue weighted by Crippen LogP contribution is 2.36. The smallest absolute Gasteiger partial charge is 0.346 e. The van der Waals surface area contributed by atoms with E-state index in [1.54, 1.807) is 37.3 Å². The lowest BCUT2D eigenvalue weighted by Gasteiger charge is -2.16. The van der Waals surface area contributed by atoms with Crippen LogP contribution in [0.2, 0.25) is 0 Å². The Morgan fingerprint density at radius 1 is 0.966 bits per heavy atom. The summed E-state index contributed by atoms with van der Waals surface area (Å²) in [5.74, 6) is -0.145. The first-order valence-electron chi connectivity index (χ1n) is 8.69. The van der Waals surface area contributed by atoms with Gasteiger partial charge < -0.3 is 9.15 Å². The molecule has 142 valence electrons. The maximum absolute atomic E-state index is 13.2. The average Bonchev–Trinajstić information content (AvgIpc) is 2.66. The Labute approximate surface area is 181 Å². The maximum Gasteiger partial charge on any atom is 0.346 e. The van der Waals surface area contributed by atoms with Crippen LogP contribution in [0.15, 0.2) is 54.6 Å². The molecule has 0 bridgehead atoms. The number of carbonyl (C=O) groups is 1. The number of halogens is 2. The normalized spacial score (nSPS) is 14.1. The molecule has 0 unspecified atom stereocenters. The number of carbonyl (C=O) groups excluding carboxylic acids is 1. The van der Waals surface area contributed by atoms with Gasteiger partial charge in [0.15, 0.2) is 0 Å². The van der Waals surface area contributed by atoms with Crippen molar-refractivity contribution in [2.45, 2.75) is 6.92 Å². The van der Waals surface area contributed by atoms with Crippen molar-refractivity contribution in [2.24, 2.45) is 0 Å². The van der Waals surface area contributed by atoms with Crippen LogP contribution in [-0.2, 0) is 0 Å². The molecule has 2 aromatic carbocycles. The van der Waals surface area contributed by atoms with Crippen molar-refractivity contribution in [3.8, 4) is 5.75 Å². The Morgan fingerprint density at radius 2 is 1.79 bits per heavy atom. The number of esters is 1. The van der Waals surface area contributed by atoms with Gasteiger partial charge in [-0.15, -0.1) is 0 Å². The lowest BCUT2D eigenvalue weighted by molar-refractivity contribution is 0.0735. The summed E-state index contributed by atoms with van der Waals surface area (Å²) < 4.78 is 12.8. The molecule has 7 heteroatoms. The van der Waals surface area contributed by atoms with Crippen LogP contribution < -0.4 is 10.4 Å². The van der Waals surface area contributed by atoms with Crippen LogP contribution in [0.5, 0.6) is 5.75 Å². The minimum Gasteiger partial charge on any atom is -0.422 e. The molecule has 2 aromatic heterocycles. The molecule has 0 saturated carbocycles. The van der Waals surface area contributed by atoms with Crippen molar-refractivity contribution in [2.75, 3.05) is 0 Å². The van der Waals surface area contributed by atoms with E-state index >= 15 is 0 Å². The van der Waals surface area contributed by atoms with Gasteiger partial charge in [-0.2, -0.15) is 0 Å². The lowest BCUT2D eigenvalue weighted by Crippen LogP contribution is -2.17. The van der Waals surface area contributed by atoms with E-state index in [0.29, 0.717) is 38.0 Å². The number of ether oxygens (including phenoxy) is 1. The monoisotopic (exact) mass is 511 g/mol. The number of hydrogen-bond acceptors (Lipinski definition) is 5. The van der Waals surface area contributed by atoms with Crippen molar-refractivity contribution < 1.29 is 13.9 Å². The van der Waals surface area contributed by atoms with Gasteiger partial charge in [-0.3, -0.25) is 4.98 Å². The average molecular weight is 513 g/mol. The first-order valence-corrected chi connectivity index (χ1v) is 10.3. The van der Waals surface area contributed by atoms with Crippen molar-refractivity contribution in [1.29, 1.82) is 0 Å². The van der Waals surface area contributed by atoms with Crippen LogP contribution in [0.1, 0.15) is 27.3 Å². The molecule has 0 radical (unpaired) electrons. The summed E-state index contributed by atoms with van der Waals surface area (Å²) in [4.78, 5) is 30.5. The van der Waals surface area contributed by atoms with E-state index in [2.05, 4.69) is 36.8 Å². The number of nitrogens with zero attached hydrogens (tertiary/aromatic N) is 1. The third-order valence-electron chi connectivity index (χ3n) is 4.84. The Bertz CT molecular complexity index is 1450. The molecule has 0 N–H and O–H groups in total. The molecule has 5 rings (SSSR count). The first kappa shape index (κ1) is 18.3. The second kappa shape index (κ2) is 6.64. The number of pyridine rings is 1. The summed E-state index contributed by atoms with van der Waals surface area (Å²) in [7, 11) is 0. The molecule has 1 aliphatic rings. The van der Waals surface area contributed by atoms with Crippen LogP contribution in [0.3, 0.4) is 0 Å². The molecule has 0 saturated heterocycles. The molecule has 0 amide bonds. The van der Waals surface area contributed by atoms with E-state index in [1.807, 2.05) is 18.2 Å². The zero-order chi connectivity index (χ0) is 20.3. The fourth-order valence-corrected chi connectivity index (χ4v) is 4.52. The quantitative estimate of drug-likeness (QED) is 0.127. The fraction of sp³-hybridized carbons (Fsp3) is 0.0455. The van der Waals surface area contributed by atoms with Crippen molar-refractivity contribution in [3.63, 3.8) is 0 Å². The molecule has 0 aliphatic carbocycles. The Balaban J connectivity index is 1.97. The molecule has 1 aliphatic heterocycles. The predicted molar refractivity (Wildman–Crippen MR) is 118 cm³/mol. The molecule has 3 heterocycles. The molecule has 4 aromatic rings. The van der Waals surface area contributed by atoms with E-state index in [9.17, 15) is 9.59 Å². The summed E-state index contributed by atoms with van der Waals surface area (Å²) in [6.07, 6.45) is 3.61. The largest absolute Gasteiger partial charge is 0.422 e. The number of hydrogen-bond donors (Lipinski definition) is 0. The zero-order valence-electron chi connectivity index (χ0n) is 15.0. The minimum absolute atomic E-state index is 0.236. The summed E-state index contributed by atoms with van der Waals surface area (Å²) >= 11 is 6.95. The second-order valence-electron chi connectivity index (χ2n) is 6.61. The summed E-state index contributed by atoms with van der Waals surface area (Å²) in [5, 5.41) is 1.37. The Morgan fingerprint density at radius 3 is 2.62 bits per heavy atom. The zero-order valence-corrected chi connectivity index (χ0v) is 18.1. The topological polar surface area (TPSA) is 69.4 Å². The van der Waals surface area contributed by atoms with Gasteiger partial charge in [-0.25, -0.2) is 9.59 Å². The van der Waals surface area contributed by atoms with E-state index in [1.165, 1.54) is 0 Å². The van der Waals surface area contributed by atoms with Crippen molar-refractivity contribution >= 4 is 71.7 Å². The van der Waals surface area contributed by atoms with E-state index < -0.39 is 11.6 Å². The number of benzene rings is 2. The molecule has 5 nitrogen and oxygen atoms in total. The summed E-state index contributed by atoms with van der Waals surface area (Å²) in [6.45, 7) is 1.73. The minimum atomic E-state index is -0.576. The van der Waals surface area contributed by atoms with E-state index in [0.717, 1.165) is 10.0 Å². The number of fused-ring (bicyclic) bond motifs is 6.